The minimum Gasteiger partial charge on any atom is -0.507 e. The number of hydrogen-bond acceptors (Lipinski definition) is 4. The number of phenolic OH excluding ortho intramolecular Hbond substituents is 1. The van der Waals surface area contributed by atoms with Crippen molar-refractivity contribution in [3.63, 3.8) is 0 Å². The Morgan fingerprint density at radius 2 is 1.95 bits per heavy atom. The predicted molar refractivity (Wildman–Crippen MR) is 73.7 cm³/mol. The van der Waals surface area contributed by atoms with Gasteiger partial charge in [0.15, 0.2) is 5.69 Å². The molecule has 6 heteroatoms. The van der Waals surface area contributed by atoms with Crippen molar-refractivity contribution in [3.05, 3.63) is 48.3 Å². The molecule has 0 spiro atoms. The standard InChI is InChI=1S/C14H11N3O3/c15-8-5-6-10-12(14(19)20)16-13(17(10)7-8)9-3-1-2-4-11(9)18/h1-7,18H,15H2,(H,19,20). The molecule has 0 aliphatic heterocycles. The Balaban J connectivity index is 2.39. The molecule has 0 saturated heterocycles. The van der Waals surface area contributed by atoms with Crippen LogP contribution < -0.4 is 5.73 Å². The quantitative estimate of drug-likeness (QED) is 0.660. The maximum Gasteiger partial charge on any atom is 0.356 e. The third kappa shape index (κ3) is 1.74. The van der Waals surface area contributed by atoms with E-state index in [0.29, 0.717) is 22.6 Å². The normalized spacial score (nSPS) is 10.8. The number of phenols is 1. The predicted octanol–water partition coefficient (Wildman–Crippen LogP) is 1.99. The number of carboxylic acids is 1. The number of para-hydroxylation sites is 1. The summed E-state index contributed by atoms with van der Waals surface area (Å²) < 4.78 is 1.56. The molecule has 3 aromatic rings. The van der Waals surface area contributed by atoms with Crippen molar-refractivity contribution in [2.75, 3.05) is 5.73 Å². The van der Waals surface area contributed by atoms with Crippen molar-refractivity contribution in [1.82, 2.24) is 9.38 Å². The average molecular weight is 269 g/mol. The molecule has 2 aromatic heterocycles. The third-order valence-electron chi connectivity index (χ3n) is 3.01. The molecule has 2 heterocycles. The molecule has 0 amide bonds. The number of hydrogen-bond donors (Lipinski definition) is 3. The number of aromatic nitrogens is 2. The molecule has 0 bridgehead atoms. The molecule has 0 fully saturated rings. The van der Waals surface area contributed by atoms with Crippen LogP contribution >= 0.6 is 0 Å². The number of pyridine rings is 1. The number of rotatable bonds is 2. The lowest BCUT2D eigenvalue weighted by Crippen LogP contribution is -1.97. The summed E-state index contributed by atoms with van der Waals surface area (Å²) in [5.41, 5.74) is 7.00. The molecule has 20 heavy (non-hydrogen) atoms. The van der Waals surface area contributed by atoms with E-state index in [-0.39, 0.29) is 11.4 Å². The van der Waals surface area contributed by atoms with E-state index >= 15 is 0 Å². The number of nitrogens with two attached hydrogens (primary N) is 1. The molecule has 100 valence electrons. The third-order valence-corrected chi connectivity index (χ3v) is 3.01. The molecule has 0 aliphatic carbocycles. The fraction of sp³-hybridized carbons (Fsp3) is 0. The van der Waals surface area contributed by atoms with Gasteiger partial charge >= 0.3 is 5.97 Å². The second kappa shape index (κ2) is 4.27. The lowest BCUT2D eigenvalue weighted by atomic mass is 10.2. The van der Waals surface area contributed by atoms with Crippen molar-refractivity contribution in [2.24, 2.45) is 0 Å². The molecular weight excluding hydrogens is 258 g/mol. The summed E-state index contributed by atoms with van der Waals surface area (Å²) >= 11 is 0. The monoisotopic (exact) mass is 269 g/mol. The van der Waals surface area contributed by atoms with Crippen LogP contribution in [-0.2, 0) is 0 Å². The van der Waals surface area contributed by atoms with Crippen molar-refractivity contribution < 1.29 is 15.0 Å². The molecule has 0 saturated carbocycles. The highest BCUT2D eigenvalue weighted by atomic mass is 16.4. The van der Waals surface area contributed by atoms with E-state index in [1.165, 1.54) is 6.07 Å². The van der Waals surface area contributed by atoms with Crippen LogP contribution in [0.4, 0.5) is 5.69 Å². The summed E-state index contributed by atoms with van der Waals surface area (Å²) in [7, 11) is 0. The van der Waals surface area contributed by atoms with Gasteiger partial charge in [0.05, 0.1) is 11.1 Å². The van der Waals surface area contributed by atoms with Gasteiger partial charge in [-0.15, -0.1) is 0 Å². The van der Waals surface area contributed by atoms with Crippen LogP contribution in [0.25, 0.3) is 16.9 Å². The number of nitrogen functional groups attached to an aromatic ring is 1. The second-order valence-corrected chi connectivity index (χ2v) is 4.32. The van der Waals surface area contributed by atoms with Gasteiger partial charge < -0.3 is 15.9 Å². The molecule has 3 rings (SSSR count). The first-order valence-electron chi connectivity index (χ1n) is 5.87. The number of aromatic hydroxyl groups is 1. The Kier molecular flexibility index (Phi) is 2.57. The first-order chi connectivity index (χ1) is 9.58. The molecule has 4 N–H and O–H groups in total. The highest BCUT2D eigenvalue weighted by Crippen LogP contribution is 2.30. The Morgan fingerprint density at radius 1 is 1.20 bits per heavy atom. The summed E-state index contributed by atoms with van der Waals surface area (Å²) in [6.45, 7) is 0. The zero-order valence-corrected chi connectivity index (χ0v) is 10.3. The summed E-state index contributed by atoms with van der Waals surface area (Å²) in [5, 5.41) is 19.1. The van der Waals surface area contributed by atoms with Crippen molar-refractivity contribution in [2.45, 2.75) is 0 Å². The van der Waals surface area contributed by atoms with Crippen molar-refractivity contribution in [1.29, 1.82) is 0 Å². The average Bonchev–Trinajstić information content (AvgIpc) is 2.78. The number of aromatic carboxylic acids is 1. The summed E-state index contributed by atoms with van der Waals surface area (Å²) in [5.74, 6) is -0.768. The lowest BCUT2D eigenvalue weighted by Gasteiger charge is -2.04. The summed E-state index contributed by atoms with van der Waals surface area (Å²) in [6.07, 6.45) is 1.58. The molecule has 0 atom stereocenters. The topological polar surface area (TPSA) is 101 Å². The van der Waals surface area contributed by atoms with Crippen LogP contribution in [0, 0.1) is 0 Å². The largest absolute Gasteiger partial charge is 0.507 e. The van der Waals surface area contributed by atoms with Crippen LogP contribution in [0.3, 0.4) is 0 Å². The lowest BCUT2D eigenvalue weighted by molar-refractivity contribution is 0.0693. The van der Waals surface area contributed by atoms with E-state index in [0.717, 1.165) is 0 Å². The highest BCUT2D eigenvalue weighted by molar-refractivity contribution is 5.95. The summed E-state index contributed by atoms with van der Waals surface area (Å²) in [4.78, 5) is 15.4. The van der Waals surface area contributed by atoms with Crippen LogP contribution in [-0.4, -0.2) is 25.6 Å². The number of nitrogens with zero attached hydrogens (tertiary/aromatic N) is 2. The van der Waals surface area contributed by atoms with E-state index in [1.54, 1.807) is 40.9 Å². The highest BCUT2D eigenvalue weighted by Gasteiger charge is 2.19. The molecule has 0 aliphatic rings. The van der Waals surface area contributed by atoms with Crippen molar-refractivity contribution >= 4 is 17.2 Å². The van der Waals surface area contributed by atoms with Gasteiger partial charge in [0.1, 0.15) is 11.6 Å². The van der Waals surface area contributed by atoms with E-state index in [1.807, 2.05) is 0 Å². The molecule has 0 radical (unpaired) electrons. The molecular formula is C14H11N3O3. The molecule has 1 aromatic carbocycles. The Labute approximate surface area is 113 Å². The van der Waals surface area contributed by atoms with Gasteiger partial charge in [0.2, 0.25) is 0 Å². The number of imidazole rings is 1. The van der Waals surface area contributed by atoms with Gasteiger partial charge in [-0.25, -0.2) is 9.78 Å². The summed E-state index contributed by atoms with van der Waals surface area (Å²) in [6, 6.07) is 9.80. The fourth-order valence-electron chi connectivity index (χ4n) is 2.11. The molecule has 6 nitrogen and oxygen atoms in total. The minimum absolute atomic E-state index is 0.0266. The van der Waals surface area contributed by atoms with Crippen LogP contribution in [0.1, 0.15) is 10.5 Å². The number of benzene rings is 1. The van der Waals surface area contributed by atoms with E-state index < -0.39 is 5.97 Å². The molecule has 0 unspecified atom stereocenters. The minimum atomic E-state index is -1.13. The van der Waals surface area contributed by atoms with Crippen LogP contribution in [0.5, 0.6) is 5.75 Å². The number of carbonyl (C=O) groups is 1. The number of carboxylic acid groups (broad SMARTS) is 1. The van der Waals surface area contributed by atoms with E-state index in [2.05, 4.69) is 4.98 Å². The van der Waals surface area contributed by atoms with Crippen LogP contribution in [0.15, 0.2) is 42.6 Å². The Morgan fingerprint density at radius 3 is 2.65 bits per heavy atom. The second-order valence-electron chi connectivity index (χ2n) is 4.32. The maximum atomic E-state index is 11.3. The van der Waals surface area contributed by atoms with Gasteiger partial charge in [0, 0.05) is 11.9 Å². The fourth-order valence-corrected chi connectivity index (χ4v) is 2.11. The van der Waals surface area contributed by atoms with E-state index in [4.69, 9.17) is 5.73 Å². The Bertz CT molecular complexity index is 824. The van der Waals surface area contributed by atoms with Gasteiger partial charge in [-0.1, -0.05) is 12.1 Å². The smallest absolute Gasteiger partial charge is 0.356 e. The van der Waals surface area contributed by atoms with Gasteiger partial charge in [-0.2, -0.15) is 0 Å². The zero-order valence-electron chi connectivity index (χ0n) is 10.3. The van der Waals surface area contributed by atoms with E-state index in [9.17, 15) is 15.0 Å². The first kappa shape index (κ1) is 12.0. The Hall–Kier alpha value is -3.02. The maximum absolute atomic E-state index is 11.3. The van der Waals surface area contributed by atoms with Gasteiger partial charge in [-0.3, -0.25) is 4.40 Å². The first-order valence-corrected chi connectivity index (χ1v) is 5.87. The van der Waals surface area contributed by atoms with Gasteiger partial charge in [-0.05, 0) is 24.3 Å². The zero-order chi connectivity index (χ0) is 14.3. The van der Waals surface area contributed by atoms with Crippen molar-refractivity contribution in [3.8, 4) is 17.1 Å². The van der Waals surface area contributed by atoms with Crippen LogP contribution in [0.2, 0.25) is 0 Å². The van der Waals surface area contributed by atoms with Gasteiger partial charge in [0.25, 0.3) is 0 Å². The number of anilines is 1. The SMILES string of the molecule is Nc1ccc2c(C(=O)O)nc(-c3ccccc3O)n2c1. The number of fused-ring (bicyclic) bond motifs is 1.